The van der Waals surface area contributed by atoms with E-state index in [1.165, 1.54) is 11.0 Å². The first kappa shape index (κ1) is 8.59. The number of carbonyl (C=O) groups is 1. The molecule has 1 amide bonds. The van der Waals surface area contributed by atoms with Crippen molar-refractivity contribution in [2.45, 2.75) is 13.3 Å². The lowest BCUT2D eigenvalue weighted by Gasteiger charge is -2.22. The van der Waals surface area contributed by atoms with Crippen molar-refractivity contribution in [2.24, 2.45) is 0 Å². The van der Waals surface area contributed by atoms with E-state index in [1.54, 1.807) is 12.4 Å². The molecule has 1 rings (SSSR count). The van der Waals surface area contributed by atoms with Crippen LogP contribution in [0.3, 0.4) is 0 Å². The topological polar surface area (TPSA) is 32.3 Å². The fourth-order valence-corrected chi connectivity index (χ4v) is 0.866. The summed E-state index contributed by atoms with van der Waals surface area (Å²) in [6, 6.07) is 0. The molecule has 0 atom stereocenters. The Labute approximate surface area is 72.1 Å². The van der Waals surface area contributed by atoms with Gasteiger partial charge in [0.25, 0.3) is 5.91 Å². The first-order chi connectivity index (χ1) is 5.75. The molecule has 0 saturated carbocycles. The Balaban J connectivity index is 2.73. The van der Waals surface area contributed by atoms with Crippen molar-refractivity contribution in [2.75, 3.05) is 0 Å². The number of hydrogen-bond acceptors (Lipinski definition) is 2. The Hall–Kier alpha value is -1.51. The number of nitrogens with zero attached hydrogens (tertiary/aromatic N) is 1. The van der Waals surface area contributed by atoms with Gasteiger partial charge in [-0.1, -0.05) is 19.6 Å². The van der Waals surface area contributed by atoms with E-state index in [-0.39, 0.29) is 5.91 Å². The van der Waals surface area contributed by atoms with Gasteiger partial charge in [-0.15, -0.1) is 0 Å². The predicted octanol–water partition coefficient (Wildman–Crippen LogP) is 1.33. The van der Waals surface area contributed by atoms with Crippen LogP contribution in [0.15, 0.2) is 37.0 Å². The van der Waals surface area contributed by atoms with E-state index in [0.29, 0.717) is 5.82 Å². The van der Waals surface area contributed by atoms with Gasteiger partial charge in [-0.05, 0) is 6.42 Å². The van der Waals surface area contributed by atoms with Crippen LogP contribution in [0.4, 0.5) is 0 Å². The van der Waals surface area contributed by atoms with Crippen LogP contribution < -0.4 is 5.32 Å². The molecule has 1 N–H and O–H groups in total. The zero-order valence-electron chi connectivity index (χ0n) is 7.08. The Morgan fingerprint density at radius 2 is 2.50 bits per heavy atom. The molecule has 0 radical (unpaired) electrons. The van der Waals surface area contributed by atoms with Gasteiger partial charge >= 0.3 is 0 Å². The average molecular weight is 164 g/mol. The van der Waals surface area contributed by atoms with Crippen molar-refractivity contribution < 1.29 is 4.79 Å². The minimum atomic E-state index is -0.0662. The van der Waals surface area contributed by atoms with E-state index in [4.69, 9.17) is 0 Å². The van der Waals surface area contributed by atoms with E-state index >= 15 is 0 Å². The minimum absolute atomic E-state index is 0.0662. The Morgan fingerprint density at radius 3 is 3.08 bits per heavy atom. The van der Waals surface area contributed by atoms with Crippen LogP contribution in [0.1, 0.15) is 13.3 Å². The number of carbonyl (C=O) groups excluding carboxylic acids is 1. The lowest BCUT2D eigenvalue weighted by atomic mass is 10.4. The predicted molar refractivity (Wildman–Crippen MR) is 47.7 cm³/mol. The molecule has 12 heavy (non-hydrogen) atoms. The summed E-state index contributed by atoms with van der Waals surface area (Å²) in [6.45, 7) is 5.70. The Bertz CT molecular complexity index is 253. The van der Waals surface area contributed by atoms with Crippen molar-refractivity contribution in [1.29, 1.82) is 0 Å². The molecule has 0 unspecified atom stereocenters. The van der Waals surface area contributed by atoms with E-state index in [0.717, 1.165) is 6.42 Å². The van der Waals surface area contributed by atoms with Gasteiger partial charge in [0.05, 0.1) is 0 Å². The summed E-state index contributed by atoms with van der Waals surface area (Å²) in [7, 11) is 0. The summed E-state index contributed by atoms with van der Waals surface area (Å²) in [5.74, 6) is 0.524. The monoisotopic (exact) mass is 164 g/mol. The number of hydrogen-bond donors (Lipinski definition) is 1. The van der Waals surface area contributed by atoms with Crippen LogP contribution in [-0.2, 0) is 4.79 Å². The molecule has 0 spiro atoms. The second-order valence-corrected chi connectivity index (χ2v) is 2.43. The molecule has 3 heteroatoms. The molecule has 1 heterocycles. The smallest absolute Gasteiger partial charge is 0.257 e. The SMILES string of the molecule is C=C1NC=CC(=O)N1/C=C\CC. The molecular formula is C9H12N2O. The van der Waals surface area contributed by atoms with Crippen molar-refractivity contribution in [1.82, 2.24) is 10.2 Å². The fraction of sp³-hybridized carbons (Fsp3) is 0.222. The highest BCUT2D eigenvalue weighted by Gasteiger charge is 2.13. The molecule has 3 nitrogen and oxygen atoms in total. The van der Waals surface area contributed by atoms with Gasteiger partial charge in [0.2, 0.25) is 0 Å². The van der Waals surface area contributed by atoms with Crippen LogP contribution in [0.2, 0.25) is 0 Å². The van der Waals surface area contributed by atoms with E-state index in [9.17, 15) is 4.79 Å². The lowest BCUT2D eigenvalue weighted by Crippen LogP contribution is -2.32. The van der Waals surface area contributed by atoms with Crippen LogP contribution >= 0.6 is 0 Å². The molecule has 1 aliphatic rings. The van der Waals surface area contributed by atoms with Crippen molar-refractivity contribution in [3.8, 4) is 0 Å². The Morgan fingerprint density at radius 1 is 1.75 bits per heavy atom. The van der Waals surface area contributed by atoms with Crippen molar-refractivity contribution >= 4 is 5.91 Å². The maximum Gasteiger partial charge on any atom is 0.257 e. The molecule has 64 valence electrons. The fourth-order valence-electron chi connectivity index (χ4n) is 0.866. The number of allylic oxidation sites excluding steroid dienone is 1. The molecule has 1 aliphatic heterocycles. The average Bonchev–Trinajstić information content (AvgIpc) is 2.04. The third-order valence-electron chi connectivity index (χ3n) is 1.49. The van der Waals surface area contributed by atoms with Crippen LogP contribution in [0, 0.1) is 0 Å². The third kappa shape index (κ3) is 1.75. The number of rotatable bonds is 2. The Kier molecular flexibility index (Phi) is 2.69. The van der Waals surface area contributed by atoms with Crippen LogP contribution in [0.5, 0.6) is 0 Å². The zero-order valence-corrected chi connectivity index (χ0v) is 7.08. The van der Waals surface area contributed by atoms with Gasteiger partial charge in [0, 0.05) is 18.5 Å². The quantitative estimate of drug-likeness (QED) is 0.667. The van der Waals surface area contributed by atoms with Crippen LogP contribution in [-0.4, -0.2) is 10.8 Å². The minimum Gasteiger partial charge on any atom is -0.348 e. The first-order valence-corrected chi connectivity index (χ1v) is 3.87. The second-order valence-electron chi connectivity index (χ2n) is 2.43. The highest BCUT2D eigenvalue weighted by Crippen LogP contribution is 2.05. The molecule has 0 fully saturated rings. The molecule has 0 aromatic rings. The van der Waals surface area contributed by atoms with Crippen molar-refractivity contribution in [3.05, 3.63) is 37.0 Å². The summed E-state index contributed by atoms with van der Waals surface area (Å²) in [6.07, 6.45) is 7.58. The standard InChI is InChI=1S/C9H12N2O/c1-3-4-7-11-8(2)10-6-5-9(11)12/h4-7,10H,2-3H2,1H3/b7-4-. The molecule has 0 saturated heterocycles. The summed E-state index contributed by atoms with van der Waals surface area (Å²) in [5, 5.41) is 2.85. The summed E-state index contributed by atoms with van der Waals surface area (Å²) < 4.78 is 0. The molecule has 0 aromatic carbocycles. The van der Waals surface area contributed by atoms with Gasteiger partial charge < -0.3 is 5.32 Å². The largest absolute Gasteiger partial charge is 0.348 e. The number of nitrogens with one attached hydrogen (secondary N) is 1. The highest BCUT2D eigenvalue weighted by molar-refractivity contribution is 5.90. The molecule has 0 aromatic heterocycles. The summed E-state index contributed by atoms with van der Waals surface area (Å²) in [5.41, 5.74) is 0. The maximum atomic E-state index is 11.2. The summed E-state index contributed by atoms with van der Waals surface area (Å²) >= 11 is 0. The van der Waals surface area contributed by atoms with Gasteiger partial charge in [-0.2, -0.15) is 0 Å². The van der Waals surface area contributed by atoms with Gasteiger partial charge in [-0.3, -0.25) is 9.69 Å². The highest BCUT2D eigenvalue weighted by atomic mass is 16.2. The third-order valence-corrected chi connectivity index (χ3v) is 1.49. The zero-order chi connectivity index (χ0) is 8.97. The maximum absolute atomic E-state index is 11.2. The molecule has 0 bridgehead atoms. The van der Waals surface area contributed by atoms with Gasteiger partial charge in [-0.25, -0.2) is 0 Å². The first-order valence-electron chi connectivity index (χ1n) is 3.87. The van der Waals surface area contributed by atoms with Crippen LogP contribution in [0.25, 0.3) is 0 Å². The lowest BCUT2D eigenvalue weighted by molar-refractivity contribution is -0.122. The molecule has 0 aliphatic carbocycles. The number of amides is 1. The van der Waals surface area contributed by atoms with Gasteiger partial charge in [0.15, 0.2) is 0 Å². The van der Waals surface area contributed by atoms with E-state index in [1.807, 2.05) is 13.0 Å². The van der Waals surface area contributed by atoms with E-state index < -0.39 is 0 Å². The normalized spacial score (nSPS) is 17.2. The summed E-state index contributed by atoms with van der Waals surface area (Å²) in [4.78, 5) is 12.7. The van der Waals surface area contributed by atoms with Gasteiger partial charge in [0.1, 0.15) is 5.82 Å². The second kappa shape index (κ2) is 3.76. The van der Waals surface area contributed by atoms with E-state index in [2.05, 4.69) is 11.9 Å². The van der Waals surface area contributed by atoms with Crippen molar-refractivity contribution in [3.63, 3.8) is 0 Å². The molecular weight excluding hydrogens is 152 g/mol.